The molecular formula is C22H16BrN5O2. The van der Waals surface area contributed by atoms with Crippen LogP contribution >= 0.6 is 15.9 Å². The Morgan fingerprint density at radius 3 is 2.70 bits per heavy atom. The van der Waals surface area contributed by atoms with Crippen molar-refractivity contribution in [2.24, 2.45) is 5.73 Å². The molecule has 1 amide bonds. The Morgan fingerprint density at radius 2 is 2.00 bits per heavy atom. The number of nitrogens with one attached hydrogen (secondary N) is 1. The molecule has 0 bridgehead atoms. The second-order valence-corrected chi connectivity index (χ2v) is 8.19. The van der Waals surface area contributed by atoms with E-state index < -0.39 is 5.41 Å². The Labute approximate surface area is 180 Å². The van der Waals surface area contributed by atoms with Gasteiger partial charge in [0.05, 0.1) is 22.6 Å². The Morgan fingerprint density at radius 1 is 1.27 bits per heavy atom. The fourth-order valence-corrected chi connectivity index (χ4v) is 5.04. The van der Waals surface area contributed by atoms with Crippen molar-refractivity contribution in [2.45, 2.75) is 19.3 Å². The molecule has 30 heavy (non-hydrogen) atoms. The maximum absolute atomic E-state index is 13.6. The summed E-state index contributed by atoms with van der Waals surface area (Å²) >= 11 is 3.54. The van der Waals surface area contributed by atoms with Crippen molar-refractivity contribution in [3.8, 4) is 17.6 Å². The maximum atomic E-state index is 13.6. The Kier molecular flexibility index (Phi) is 3.82. The van der Waals surface area contributed by atoms with E-state index in [-0.39, 0.29) is 17.4 Å². The zero-order valence-electron chi connectivity index (χ0n) is 16.2. The molecule has 2 aliphatic rings. The molecule has 0 fully saturated rings. The van der Waals surface area contributed by atoms with E-state index in [1.165, 1.54) is 0 Å². The zero-order chi connectivity index (χ0) is 21.2. The van der Waals surface area contributed by atoms with Gasteiger partial charge in [0.25, 0.3) is 0 Å². The fourth-order valence-electron chi connectivity index (χ4n) is 4.37. The first kappa shape index (κ1) is 18.5. The summed E-state index contributed by atoms with van der Waals surface area (Å²) in [6, 6.07) is 15.4. The molecule has 1 aromatic heterocycles. The maximum Gasteiger partial charge on any atom is 0.245 e. The Bertz CT molecular complexity index is 1320. The number of hydrogen-bond donors (Lipinski definition) is 2. The van der Waals surface area contributed by atoms with Crippen molar-refractivity contribution in [1.29, 1.82) is 5.26 Å². The molecule has 0 radical (unpaired) electrons. The first-order valence-electron chi connectivity index (χ1n) is 9.25. The summed E-state index contributed by atoms with van der Waals surface area (Å²) in [5.41, 5.74) is 8.89. The lowest BCUT2D eigenvalue weighted by atomic mass is 9.69. The Balaban J connectivity index is 1.92. The molecule has 2 aliphatic heterocycles. The van der Waals surface area contributed by atoms with Crippen molar-refractivity contribution in [1.82, 2.24) is 9.78 Å². The highest BCUT2D eigenvalue weighted by molar-refractivity contribution is 9.10. The van der Waals surface area contributed by atoms with Gasteiger partial charge in [-0.25, -0.2) is 4.68 Å². The molecule has 5 rings (SSSR count). The van der Waals surface area contributed by atoms with E-state index in [2.05, 4.69) is 32.4 Å². The number of anilines is 1. The minimum absolute atomic E-state index is 0.0551. The summed E-state index contributed by atoms with van der Waals surface area (Å²) in [5, 5.41) is 17.6. The van der Waals surface area contributed by atoms with Gasteiger partial charge in [-0.05, 0) is 53.5 Å². The number of rotatable bonds is 1. The molecule has 148 valence electrons. The number of benzene rings is 2. The highest BCUT2D eigenvalue weighted by atomic mass is 79.9. The Hall–Kier alpha value is -3.57. The number of nitriles is 1. The average molecular weight is 462 g/mol. The predicted molar refractivity (Wildman–Crippen MR) is 114 cm³/mol. The smallest absolute Gasteiger partial charge is 0.245 e. The number of ether oxygens (including phenoxy) is 1. The van der Waals surface area contributed by atoms with Crippen LogP contribution in [0.1, 0.15) is 22.4 Å². The van der Waals surface area contributed by atoms with Crippen LogP contribution in [0.15, 0.2) is 58.4 Å². The molecule has 2 aromatic carbocycles. The van der Waals surface area contributed by atoms with Gasteiger partial charge in [-0.2, -0.15) is 10.4 Å². The summed E-state index contributed by atoms with van der Waals surface area (Å²) in [5.74, 6) is -0.137. The number of aryl methyl sites for hydroxylation is 2. The van der Waals surface area contributed by atoms with Gasteiger partial charge in [0, 0.05) is 10.0 Å². The first-order valence-corrected chi connectivity index (χ1v) is 10.0. The molecule has 7 nitrogen and oxygen atoms in total. The van der Waals surface area contributed by atoms with Gasteiger partial charge in [0.1, 0.15) is 17.1 Å². The van der Waals surface area contributed by atoms with Gasteiger partial charge in [0.2, 0.25) is 17.7 Å². The normalized spacial score (nSPS) is 19.2. The second-order valence-electron chi connectivity index (χ2n) is 7.34. The lowest BCUT2D eigenvalue weighted by Crippen LogP contribution is -2.42. The standard InChI is InChI=1S/C22H16BrN5O2/c1-11-8-14-18(16(23)9-11)26-21(29)22(14)15(10-24)19(25)30-20-17(22)12(2)27-28(20)13-6-4-3-5-7-13/h3-9H,25H2,1-2H3,(H,26,29). The van der Waals surface area contributed by atoms with Crippen molar-refractivity contribution in [2.75, 3.05) is 5.32 Å². The van der Waals surface area contributed by atoms with E-state index in [9.17, 15) is 10.1 Å². The monoisotopic (exact) mass is 461 g/mol. The van der Waals surface area contributed by atoms with Crippen molar-refractivity contribution in [3.63, 3.8) is 0 Å². The highest BCUT2D eigenvalue weighted by Crippen LogP contribution is 2.56. The number of aromatic nitrogens is 2. The topological polar surface area (TPSA) is 106 Å². The molecule has 3 heterocycles. The molecular weight excluding hydrogens is 446 g/mol. The van der Waals surface area contributed by atoms with E-state index >= 15 is 0 Å². The second kappa shape index (κ2) is 6.21. The lowest BCUT2D eigenvalue weighted by Gasteiger charge is -2.32. The molecule has 3 aromatic rings. The zero-order valence-corrected chi connectivity index (χ0v) is 17.7. The van der Waals surface area contributed by atoms with Crippen LogP contribution in [0.4, 0.5) is 5.69 Å². The fraction of sp³-hybridized carbons (Fsp3) is 0.136. The molecule has 0 saturated carbocycles. The number of halogens is 1. The molecule has 8 heteroatoms. The lowest BCUT2D eigenvalue weighted by molar-refractivity contribution is -0.118. The summed E-state index contributed by atoms with van der Waals surface area (Å²) in [4.78, 5) is 13.6. The quantitative estimate of drug-likeness (QED) is 0.575. The average Bonchev–Trinajstić information content (AvgIpc) is 3.19. The van der Waals surface area contributed by atoms with Gasteiger partial charge in [-0.3, -0.25) is 4.79 Å². The van der Waals surface area contributed by atoms with Crippen LogP contribution in [-0.4, -0.2) is 15.7 Å². The third-order valence-electron chi connectivity index (χ3n) is 5.55. The van der Waals surface area contributed by atoms with Crippen LogP contribution in [-0.2, 0) is 10.2 Å². The van der Waals surface area contributed by atoms with Gasteiger partial charge >= 0.3 is 0 Å². The number of para-hydroxylation sites is 1. The van der Waals surface area contributed by atoms with E-state index in [0.29, 0.717) is 28.4 Å². The number of nitrogens with two attached hydrogens (primary N) is 1. The number of carbonyl (C=O) groups is 1. The minimum Gasteiger partial charge on any atom is -0.422 e. The summed E-state index contributed by atoms with van der Waals surface area (Å²) in [6.45, 7) is 3.73. The molecule has 1 spiro atoms. The third kappa shape index (κ3) is 2.18. The van der Waals surface area contributed by atoms with E-state index in [1.54, 1.807) is 11.6 Å². The molecule has 3 N–H and O–H groups in total. The van der Waals surface area contributed by atoms with Crippen molar-refractivity contribution in [3.05, 3.63) is 80.8 Å². The van der Waals surface area contributed by atoms with Gasteiger partial charge in [0.15, 0.2) is 0 Å². The van der Waals surface area contributed by atoms with Crippen LogP contribution in [0.25, 0.3) is 5.69 Å². The van der Waals surface area contributed by atoms with Gasteiger partial charge in [-0.15, -0.1) is 0 Å². The molecule has 1 atom stereocenters. The summed E-state index contributed by atoms with van der Waals surface area (Å²) in [7, 11) is 0. The highest BCUT2D eigenvalue weighted by Gasteiger charge is 2.59. The van der Waals surface area contributed by atoms with E-state index in [1.807, 2.05) is 49.4 Å². The molecule has 0 aliphatic carbocycles. The number of nitrogens with zero attached hydrogens (tertiary/aromatic N) is 3. The van der Waals surface area contributed by atoms with Crippen LogP contribution in [0.5, 0.6) is 5.88 Å². The van der Waals surface area contributed by atoms with Crippen LogP contribution in [0.2, 0.25) is 0 Å². The largest absolute Gasteiger partial charge is 0.422 e. The number of fused-ring (bicyclic) bond motifs is 4. The van der Waals surface area contributed by atoms with Gasteiger partial charge in [-0.1, -0.05) is 24.3 Å². The van der Waals surface area contributed by atoms with Crippen molar-refractivity contribution >= 4 is 27.5 Å². The van der Waals surface area contributed by atoms with Crippen LogP contribution in [0, 0.1) is 25.2 Å². The van der Waals surface area contributed by atoms with E-state index in [0.717, 1.165) is 15.7 Å². The SMILES string of the molecule is Cc1cc(Br)c2c(c1)C1(C(=O)N2)C(C#N)=C(N)Oc2c1c(C)nn2-c1ccccc1. The predicted octanol–water partition coefficient (Wildman–Crippen LogP) is 3.58. The third-order valence-corrected chi connectivity index (χ3v) is 6.18. The van der Waals surface area contributed by atoms with Crippen molar-refractivity contribution < 1.29 is 9.53 Å². The first-order chi connectivity index (χ1) is 14.4. The number of hydrogen-bond acceptors (Lipinski definition) is 5. The summed E-state index contributed by atoms with van der Waals surface area (Å²) < 4.78 is 8.25. The van der Waals surface area contributed by atoms with E-state index in [4.69, 9.17) is 10.5 Å². The summed E-state index contributed by atoms with van der Waals surface area (Å²) in [6.07, 6.45) is 0. The van der Waals surface area contributed by atoms with Crippen LogP contribution < -0.4 is 15.8 Å². The number of amides is 1. The van der Waals surface area contributed by atoms with Crippen LogP contribution in [0.3, 0.4) is 0 Å². The number of carbonyl (C=O) groups excluding carboxylic acids is 1. The molecule has 1 unspecified atom stereocenters. The molecule has 0 saturated heterocycles. The van der Waals surface area contributed by atoms with Gasteiger partial charge < -0.3 is 15.8 Å². The minimum atomic E-state index is -1.44.